The Morgan fingerprint density at radius 1 is 0.950 bits per heavy atom. The van der Waals surface area contributed by atoms with Gasteiger partial charge in [-0.25, -0.2) is 9.97 Å². The largest absolute Gasteiger partial charge is 0.489 e. The molecule has 0 fully saturated rings. The number of nitrogens with one attached hydrogen (secondary N) is 2. The molecule has 0 aliphatic carbocycles. The fourth-order valence-corrected chi connectivity index (χ4v) is 5.33. The van der Waals surface area contributed by atoms with Crippen LogP contribution in [0.15, 0.2) is 105 Å². The van der Waals surface area contributed by atoms with Gasteiger partial charge in [-0.15, -0.1) is 0 Å². The van der Waals surface area contributed by atoms with E-state index < -0.39 is 0 Å². The number of fused-ring (bicyclic) bond motifs is 1. The van der Waals surface area contributed by atoms with Gasteiger partial charge in [0.15, 0.2) is 5.65 Å². The van der Waals surface area contributed by atoms with Crippen molar-refractivity contribution in [3.05, 3.63) is 107 Å². The molecule has 0 unspecified atom stereocenters. The van der Waals surface area contributed by atoms with Crippen molar-refractivity contribution in [2.75, 3.05) is 10.6 Å². The highest BCUT2D eigenvalue weighted by Gasteiger charge is 2.11. The lowest BCUT2D eigenvalue weighted by molar-refractivity contribution is -0.114. The van der Waals surface area contributed by atoms with Crippen molar-refractivity contribution in [3.63, 3.8) is 0 Å². The molecule has 5 rings (SSSR count). The van der Waals surface area contributed by atoms with Crippen LogP contribution in [0.4, 0.5) is 17.1 Å². The van der Waals surface area contributed by atoms with E-state index in [4.69, 9.17) is 9.72 Å². The smallest absolute Gasteiger partial charge is 0.221 e. The van der Waals surface area contributed by atoms with Gasteiger partial charge in [-0.05, 0) is 78.7 Å². The molecule has 8 heteroatoms. The highest BCUT2D eigenvalue weighted by Crippen LogP contribution is 2.38. The first-order valence-electron chi connectivity index (χ1n) is 13.1. The Balaban J connectivity index is 1.44. The highest BCUT2D eigenvalue weighted by atomic mass is 79.9. The number of hydrogen-bond donors (Lipinski definition) is 2. The molecular weight excluding hydrogens is 584 g/mol. The summed E-state index contributed by atoms with van der Waals surface area (Å²) in [4.78, 5) is 22.7. The average molecular weight is 614 g/mol. The molecule has 0 spiro atoms. The van der Waals surface area contributed by atoms with Gasteiger partial charge in [0.2, 0.25) is 5.91 Å². The van der Waals surface area contributed by atoms with E-state index in [-0.39, 0.29) is 5.91 Å². The number of benzene rings is 3. The molecule has 202 valence electrons. The standard InChI is InChI=1S/C32H29BrN4O2S/c1-3-4-24-11-15-28-29(17-18-34-32(28)36-24)37-30-19-26(39-20-22-5-7-23(33)8-6-22)12-16-31(30)40-27-13-9-25(10-14-27)35-21(2)38/h5-19H,3-4,20H2,1-2H3,(H,35,38)(H,34,36,37). The average Bonchev–Trinajstić information content (AvgIpc) is 2.95. The first-order chi connectivity index (χ1) is 19.5. The Bertz CT molecular complexity index is 1630. The molecule has 0 atom stereocenters. The Morgan fingerprint density at radius 2 is 1.75 bits per heavy atom. The van der Waals surface area contributed by atoms with E-state index in [1.54, 1.807) is 18.0 Å². The topological polar surface area (TPSA) is 76.1 Å². The quantitative estimate of drug-likeness (QED) is 0.164. The second-order valence-corrected chi connectivity index (χ2v) is 11.3. The number of hydrogen-bond acceptors (Lipinski definition) is 6. The zero-order valence-corrected chi connectivity index (χ0v) is 24.7. The molecule has 2 N–H and O–H groups in total. The molecule has 5 aromatic rings. The van der Waals surface area contributed by atoms with Gasteiger partial charge in [-0.2, -0.15) is 0 Å². The summed E-state index contributed by atoms with van der Waals surface area (Å²) in [5.74, 6) is 0.670. The fraction of sp³-hybridized carbons (Fsp3) is 0.156. The molecule has 0 saturated heterocycles. The SMILES string of the molecule is CCCc1ccc2c(Nc3cc(OCc4ccc(Br)cc4)ccc3Sc3ccc(NC(C)=O)cc3)ccnc2n1. The molecule has 0 saturated carbocycles. The van der Waals surface area contributed by atoms with Crippen molar-refractivity contribution in [2.24, 2.45) is 0 Å². The number of aryl methyl sites for hydroxylation is 1. The second kappa shape index (κ2) is 13.0. The number of ether oxygens (including phenoxy) is 1. The summed E-state index contributed by atoms with van der Waals surface area (Å²) in [5.41, 5.74) is 5.46. The summed E-state index contributed by atoms with van der Waals surface area (Å²) in [5, 5.41) is 7.40. The Labute approximate surface area is 246 Å². The van der Waals surface area contributed by atoms with E-state index in [9.17, 15) is 4.79 Å². The molecule has 3 aromatic carbocycles. The molecule has 0 aliphatic heterocycles. The second-order valence-electron chi connectivity index (χ2n) is 9.29. The number of nitrogens with zero attached hydrogens (tertiary/aromatic N) is 2. The number of aromatic nitrogens is 2. The summed E-state index contributed by atoms with van der Waals surface area (Å²) in [6, 6.07) is 28.1. The molecular formula is C32H29BrN4O2S. The summed E-state index contributed by atoms with van der Waals surface area (Å²) in [6.45, 7) is 4.12. The lowest BCUT2D eigenvalue weighted by Gasteiger charge is -2.16. The van der Waals surface area contributed by atoms with Crippen LogP contribution in [-0.2, 0) is 17.8 Å². The van der Waals surface area contributed by atoms with Crippen molar-refractivity contribution in [2.45, 2.75) is 43.1 Å². The third-order valence-corrected chi connectivity index (χ3v) is 7.72. The lowest BCUT2D eigenvalue weighted by atomic mass is 10.2. The van der Waals surface area contributed by atoms with E-state index >= 15 is 0 Å². The zero-order chi connectivity index (χ0) is 27.9. The minimum Gasteiger partial charge on any atom is -0.489 e. The molecule has 0 radical (unpaired) electrons. The first-order valence-corrected chi connectivity index (χ1v) is 14.7. The van der Waals surface area contributed by atoms with Gasteiger partial charge in [-0.1, -0.05) is 53.2 Å². The Morgan fingerprint density at radius 3 is 2.50 bits per heavy atom. The van der Waals surface area contributed by atoms with Crippen LogP contribution in [0.1, 0.15) is 31.5 Å². The van der Waals surface area contributed by atoms with Gasteiger partial charge in [-0.3, -0.25) is 4.79 Å². The summed E-state index contributed by atoms with van der Waals surface area (Å²) < 4.78 is 7.21. The maximum absolute atomic E-state index is 11.4. The van der Waals surface area contributed by atoms with E-state index in [1.165, 1.54) is 6.92 Å². The predicted octanol–water partition coefficient (Wildman–Crippen LogP) is 8.78. The van der Waals surface area contributed by atoms with Gasteiger partial charge in [0.25, 0.3) is 0 Å². The van der Waals surface area contributed by atoms with E-state index in [0.29, 0.717) is 6.61 Å². The van der Waals surface area contributed by atoms with E-state index in [1.807, 2.05) is 66.7 Å². The Hall–Kier alpha value is -3.88. The van der Waals surface area contributed by atoms with Crippen LogP contribution in [0.3, 0.4) is 0 Å². The van der Waals surface area contributed by atoms with Gasteiger partial charge in [0, 0.05) is 50.2 Å². The number of pyridine rings is 2. The third-order valence-electron chi connectivity index (χ3n) is 6.11. The third kappa shape index (κ3) is 7.20. The van der Waals surface area contributed by atoms with Gasteiger partial charge >= 0.3 is 0 Å². The number of anilines is 3. The van der Waals surface area contributed by atoms with Crippen LogP contribution < -0.4 is 15.4 Å². The number of rotatable bonds is 10. The minimum absolute atomic E-state index is 0.0912. The number of carbonyl (C=O) groups is 1. The molecule has 0 bridgehead atoms. The minimum atomic E-state index is -0.0912. The zero-order valence-electron chi connectivity index (χ0n) is 22.3. The molecule has 40 heavy (non-hydrogen) atoms. The predicted molar refractivity (Wildman–Crippen MR) is 167 cm³/mol. The van der Waals surface area contributed by atoms with Crippen LogP contribution in [0.5, 0.6) is 5.75 Å². The number of halogens is 1. The van der Waals surface area contributed by atoms with E-state index in [0.717, 1.165) is 72.2 Å². The summed E-state index contributed by atoms with van der Waals surface area (Å²) >= 11 is 5.11. The van der Waals surface area contributed by atoms with Crippen molar-refractivity contribution in [3.8, 4) is 5.75 Å². The lowest BCUT2D eigenvalue weighted by Crippen LogP contribution is -2.05. The van der Waals surface area contributed by atoms with Crippen LogP contribution in [-0.4, -0.2) is 15.9 Å². The van der Waals surface area contributed by atoms with Crippen LogP contribution in [0.25, 0.3) is 11.0 Å². The number of carbonyl (C=O) groups excluding carboxylic acids is 1. The van der Waals surface area contributed by atoms with Crippen molar-refractivity contribution >= 4 is 61.7 Å². The highest BCUT2D eigenvalue weighted by molar-refractivity contribution is 9.10. The molecule has 2 aromatic heterocycles. The van der Waals surface area contributed by atoms with Gasteiger partial charge in [0.1, 0.15) is 12.4 Å². The van der Waals surface area contributed by atoms with Gasteiger partial charge < -0.3 is 15.4 Å². The number of amides is 1. The maximum atomic E-state index is 11.4. The molecule has 6 nitrogen and oxygen atoms in total. The fourth-order valence-electron chi connectivity index (χ4n) is 4.19. The monoisotopic (exact) mass is 612 g/mol. The Kier molecular flexibility index (Phi) is 8.98. The molecule has 2 heterocycles. The van der Waals surface area contributed by atoms with Crippen molar-refractivity contribution < 1.29 is 9.53 Å². The van der Waals surface area contributed by atoms with Gasteiger partial charge in [0.05, 0.1) is 11.4 Å². The first kappa shape index (κ1) is 27.7. The normalized spacial score (nSPS) is 10.9. The van der Waals surface area contributed by atoms with E-state index in [2.05, 4.69) is 56.7 Å². The summed E-state index contributed by atoms with van der Waals surface area (Å²) in [7, 11) is 0. The maximum Gasteiger partial charge on any atom is 0.221 e. The summed E-state index contributed by atoms with van der Waals surface area (Å²) in [6.07, 6.45) is 3.75. The molecule has 0 aliphatic rings. The molecule has 1 amide bonds. The van der Waals surface area contributed by atoms with Crippen molar-refractivity contribution in [1.29, 1.82) is 0 Å². The van der Waals surface area contributed by atoms with Crippen molar-refractivity contribution in [1.82, 2.24) is 9.97 Å². The van der Waals surface area contributed by atoms with Crippen LogP contribution in [0, 0.1) is 0 Å². The van der Waals surface area contributed by atoms with Crippen LogP contribution in [0.2, 0.25) is 0 Å². The van der Waals surface area contributed by atoms with Crippen LogP contribution >= 0.6 is 27.7 Å².